The van der Waals surface area contributed by atoms with Crippen molar-refractivity contribution < 1.29 is 7.58 Å². The van der Waals surface area contributed by atoms with Gasteiger partial charge in [0.15, 0.2) is 0 Å². The third-order valence-corrected chi connectivity index (χ3v) is 23.2. The van der Waals surface area contributed by atoms with Crippen LogP contribution in [0.5, 0.6) is 11.5 Å². The number of hydrogen-bond donors (Lipinski definition) is 0. The van der Waals surface area contributed by atoms with Gasteiger partial charge < -0.3 is 27.2 Å². The molecule has 0 N–H and O–H groups in total. The Morgan fingerprint density at radius 2 is 0.476 bits per heavy atom. The van der Waals surface area contributed by atoms with Crippen molar-refractivity contribution in [3.63, 3.8) is 0 Å². The van der Waals surface area contributed by atoms with Gasteiger partial charge in [0.25, 0.3) is 0 Å². The molecule has 10 heteroatoms. The van der Waals surface area contributed by atoms with Crippen molar-refractivity contribution in [2.24, 2.45) is 0 Å². The standard InChI is InChI=1S/C66H48N4.C26H20N2.C12H10O.C10H9NO.Al/c1-4-22-55(23-5-1)68(64-31-28-49-16-10-13-19-52(49)46-64)61-40-34-58(35-41-61)67(59-36-42-62(43-37-59)69(56-24-6-2-7-25-56)65-32-29-50-17-11-14-20-53(50)47-65)60-38-44-63(45-39-60)70(57-26-8-3-9-27-57)66-33-30-51-18-12-15-21-54(51)48-66;1-17-15-23(19-9-5-3-6-10-19)21-13-14-22-24(20-11-7-4-8-12-20)16-18(2)28-26(22)25(21)27-17;13-12-8-6-11(7-9-12)10-4-2-1-3-5-10;1-7-5-6-8-3-2-4-9(12)10(8)11-7;/h1-48H;3-16H,1-2H3;1-9,13H;2-6,12H,1H3;/q;;;;+2/p-2. The zero-order valence-corrected chi connectivity index (χ0v) is 70.1. The van der Waals surface area contributed by atoms with E-state index in [2.05, 4.69) is 433 Å². The first-order valence-corrected chi connectivity index (χ1v) is 42.8. The normalized spacial score (nSPS) is 11.0. The molecule has 0 bridgehead atoms. The van der Waals surface area contributed by atoms with Crippen molar-refractivity contribution in [2.75, 3.05) is 19.6 Å². The van der Waals surface area contributed by atoms with E-state index in [4.69, 9.17) is 17.5 Å². The van der Waals surface area contributed by atoms with E-state index in [0.717, 1.165) is 130 Å². The molecule has 21 rings (SSSR count). The summed E-state index contributed by atoms with van der Waals surface area (Å²) in [7, 11) is 0. The van der Waals surface area contributed by atoms with E-state index in [9.17, 15) is 0 Å². The summed E-state index contributed by atoms with van der Waals surface area (Å²) >= 11 is -0.665. The van der Waals surface area contributed by atoms with Gasteiger partial charge in [-0.3, -0.25) is 9.97 Å². The molecule has 0 aliphatic rings. The highest BCUT2D eigenvalue weighted by atomic mass is 27.2. The van der Waals surface area contributed by atoms with E-state index in [1.54, 1.807) is 0 Å². The van der Waals surface area contributed by atoms with Crippen molar-refractivity contribution in [1.82, 2.24) is 15.0 Å². The fourth-order valence-corrected chi connectivity index (χ4v) is 17.1. The van der Waals surface area contributed by atoms with Crippen molar-refractivity contribution in [2.45, 2.75) is 20.8 Å². The second-order valence-corrected chi connectivity index (χ2v) is 31.4. The second-order valence-electron chi connectivity index (χ2n) is 30.7. The lowest BCUT2D eigenvalue weighted by Gasteiger charge is -2.30. The van der Waals surface area contributed by atoms with Crippen LogP contribution in [0.4, 0.5) is 68.2 Å². The van der Waals surface area contributed by atoms with Gasteiger partial charge in [-0.2, -0.15) is 0 Å². The molecule has 21 aromatic rings. The van der Waals surface area contributed by atoms with Gasteiger partial charge in [-0.1, -0.05) is 279 Å². The van der Waals surface area contributed by atoms with E-state index >= 15 is 0 Å². The minimum atomic E-state index is -0.665. The van der Waals surface area contributed by atoms with Gasteiger partial charge in [0.05, 0.1) is 16.8 Å². The average Bonchev–Trinajstić information content (AvgIpc) is 0.745. The van der Waals surface area contributed by atoms with Crippen LogP contribution in [0.2, 0.25) is 0 Å². The molecular formula is C114H85AlN7O2. The third kappa shape index (κ3) is 17.1. The Kier molecular flexibility index (Phi) is 22.7. The van der Waals surface area contributed by atoms with Crippen LogP contribution in [0.3, 0.4) is 0 Å². The molecule has 3 heterocycles. The van der Waals surface area contributed by atoms with Gasteiger partial charge in [-0.05, 0) is 268 Å². The number of aromatic nitrogens is 3. The van der Waals surface area contributed by atoms with Crippen LogP contribution >= 0.6 is 0 Å². The quantitative estimate of drug-likeness (QED) is 0.0582. The Morgan fingerprint density at radius 3 is 0.847 bits per heavy atom. The molecule has 1 radical (unpaired) electrons. The first-order valence-electron chi connectivity index (χ1n) is 41.8. The third-order valence-electron chi connectivity index (χ3n) is 22.4. The predicted octanol–water partition coefficient (Wildman–Crippen LogP) is 31.0. The molecule has 0 unspecified atom stereocenters. The Bertz CT molecular complexity index is 6790. The van der Waals surface area contributed by atoms with Crippen LogP contribution in [-0.2, 0) is 0 Å². The SMILES string of the molecule is Cc1cc(-c2ccccc2)c2ccc3c(-c4ccccc4)cc(C)nc3c2n1.Cc1ccc2cccc([O][Al][O]c3ccc(-c4ccccc4)cc3)c2n1.c1ccc(N(c2ccc(N(c3ccc(N(c4ccccc4)c4ccc5ccccc5c4)cc3)c3ccc(N(c4ccccc4)c4ccc5ccccc5c4)cc3)cc2)c2ccc3ccccc3c2)cc1. The van der Waals surface area contributed by atoms with Crippen LogP contribution < -0.4 is 27.2 Å². The minimum Gasteiger partial charge on any atom is -0.616 e. The molecule has 0 fully saturated rings. The lowest BCUT2D eigenvalue weighted by atomic mass is 9.95. The van der Waals surface area contributed by atoms with Crippen molar-refractivity contribution in [1.29, 1.82) is 0 Å². The molecule has 0 aliphatic carbocycles. The van der Waals surface area contributed by atoms with Gasteiger partial charge >= 0.3 is 15.9 Å². The zero-order valence-electron chi connectivity index (χ0n) is 68.9. The summed E-state index contributed by atoms with van der Waals surface area (Å²) in [6.45, 7) is 6.09. The molecular weight excluding hydrogens is 1530 g/mol. The number of hydrogen-bond acceptors (Lipinski definition) is 9. The maximum absolute atomic E-state index is 5.89. The summed E-state index contributed by atoms with van der Waals surface area (Å²) in [4.78, 5) is 23.7. The highest BCUT2D eigenvalue weighted by Crippen LogP contribution is 2.46. The fourth-order valence-electron chi connectivity index (χ4n) is 16.5. The summed E-state index contributed by atoms with van der Waals surface area (Å²) in [5.74, 6) is 1.58. The van der Waals surface area contributed by atoms with Crippen LogP contribution in [0, 0.1) is 20.8 Å². The number of fused-ring (bicyclic) bond motifs is 7. The van der Waals surface area contributed by atoms with E-state index in [1.165, 1.54) is 65.7 Å². The maximum atomic E-state index is 5.89. The van der Waals surface area contributed by atoms with E-state index in [0.29, 0.717) is 0 Å². The van der Waals surface area contributed by atoms with E-state index in [-0.39, 0.29) is 0 Å². The Morgan fingerprint density at radius 1 is 0.194 bits per heavy atom. The van der Waals surface area contributed by atoms with Gasteiger partial charge in [0.1, 0.15) is 11.3 Å². The monoisotopic (exact) mass is 1610 g/mol. The summed E-state index contributed by atoms with van der Waals surface area (Å²) < 4.78 is 11.7. The maximum Gasteiger partial charge on any atom is 0.881 e. The van der Waals surface area contributed by atoms with Crippen molar-refractivity contribution in [3.05, 3.63) is 478 Å². The van der Waals surface area contributed by atoms with Crippen LogP contribution in [-0.4, -0.2) is 30.8 Å². The number of para-hydroxylation sites is 4. The second kappa shape index (κ2) is 36.1. The minimum absolute atomic E-state index is 0.665. The zero-order chi connectivity index (χ0) is 83.5. The van der Waals surface area contributed by atoms with Gasteiger partial charge in [-0.15, -0.1) is 0 Å². The summed E-state index contributed by atoms with van der Waals surface area (Å²) in [5.41, 5.74) is 25.9. The Labute approximate surface area is 729 Å². The number of aryl methyl sites for hydroxylation is 3. The molecule has 0 saturated carbocycles. The number of pyridine rings is 3. The average molecular weight is 1610 g/mol. The molecule has 0 saturated heterocycles. The molecule has 0 amide bonds. The van der Waals surface area contributed by atoms with E-state index < -0.39 is 15.9 Å². The Hall–Kier alpha value is -15.7. The van der Waals surface area contributed by atoms with Crippen LogP contribution in [0.15, 0.2) is 461 Å². The highest BCUT2D eigenvalue weighted by molar-refractivity contribution is 6.21. The molecule has 591 valence electrons. The Balaban J connectivity index is 0.000000151. The highest BCUT2D eigenvalue weighted by Gasteiger charge is 2.23. The number of rotatable bonds is 19. The topological polar surface area (TPSA) is 70.1 Å². The number of nitrogens with zero attached hydrogens (tertiary/aromatic N) is 7. The molecule has 18 aromatic carbocycles. The summed E-state index contributed by atoms with van der Waals surface area (Å²) in [6, 6.07) is 163. The lowest BCUT2D eigenvalue weighted by molar-refractivity contribution is 0.461. The van der Waals surface area contributed by atoms with Crippen molar-refractivity contribution >= 4 is 149 Å². The lowest BCUT2D eigenvalue weighted by Crippen LogP contribution is -2.14. The molecule has 124 heavy (non-hydrogen) atoms. The summed E-state index contributed by atoms with van der Waals surface area (Å²) in [6.07, 6.45) is 0. The fraction of sp³-hybridized carbons (Fsp3) is 0.0263. The van der Waals surface area contributed by atoms with E-state index in [1.807, 2.05) is 73.7 Å². The molecule has 9 nitrogen and oxygen atoms in total. The van der Waals surface area contributed by atoms with Crippen molar-refractivity contribution in [3.8, 4) is 44.9 Å². The molecule has 0 spiro atoms. The first-order chi connectivity index (χ1) is 61.2. The number of benzene rings is 18. The van der Waals surface area contributed by atoms with Gasteiger partial charge in [-0.25, -0.2) is 4.98 Å². The predicted molar refractivity (Wildman–Crippen MR) is 520 cm³/mol. The van der Waals surface area contributed by atoms with Gasteiger partial charge in [0, 0.05) is 101 Å². The summed E-state index contributed by atoms with van der Waals surface area (Å²) in [5, 5.41) is 10.6. The van der Waals surface area contributed by atoms with Gasteiger partial charge in [0.2, 0.25) is 0 Å². The van der Waals surface area contributed by atoms with Crippen LogP contribution in [0.25, 0.3) is 98.4 Å². The molecule has 0 aliphatic heterocycles. The smallest absolute Gasteiger partial charge is 0.616 e. The first kappa shape index (κ1) is 78.2. The largest absolute Gasteiger partial charge is 0.881 e. The van der Waals surface area contributed by atoms with Crippen LogP contribution in [0.1, 0.15) is 17.1 Å². The molecule has 3 aromatic heterocycles. The number of anilines is 12. The molecule has 0 atom stereocenters.